The fourth-order valence-electron chi connectivity index (χ4n) is 5.40. The number of sulfonamides is 2. The summed E-state index contributed by atoms with van der Waals surface area (Å²) in [6.45, 7) is 2.37. The summed E-state index contributed by atoms with van der Waals surface area (Å²) in [5, 5.41) is 0.531. The molecule has 5 rings (SSSR count). The Kier molecular flexibility index (Phi) is 9.30. The molecule has 1 amide bonds. The van der Waals surface area contributed by atoms with E-state index in [2.05, 4.69) is 0 Å². The number of ether oxygens (including phenoxy) is 2. The second kappa shape index (κ2) is 12.9. The van der Waals surface area contributed by atoms with Crippen molar-refractivity contribution in [3.8, 4) is 11.5 Å². The Morgan fingerprint density at radius 1 is 0.913 bits per heavy atom. The fraction of sp³-hybridized carbons (Fsp3) is 0.333. The van der Waals surface area contributed by atoms with Gasteiger partial charge in [0.05, 0.1) is 30.9 Å². The van der Waals surface area contributed by atoms with Gasteiger partial charge in [0, 0.05) is 50.9 Å². The molecule has 4 aromatic rings. The molecule has 0 spiro atoms. The van der Waals surface area contributed by atoms with Gasteiger partial charge in [0.1, 0.15) is 17.9 Å². The zero-order valence-electron chi connectivity index (χ0n) is 26.8. The summed E-state index contributed by atoms with van der Waals surface area (Å²) < 4.78 is 64.1. The molecule has 0 atom stereocenters. The Labute approximate surface area is 270 Å². The first-order valence-electron chi connectivity index (χ1n) is 14.6. The van der Waals surface area contributed by atoms with E-state index in [9.17, 15) is 21.6 Å². The maximum Gasteiger partial charge on any atom is 0.258 e. The zero-order chi connectivity index (χ0) is 33.4. The summed E-state index contributed by atoms with van der Waals surface area (Å²) in [7, 11) is -2.75. The van der Waals surface area contributed by atoms with Crippen LogP contribution in [-0.2, 0) is 39.6 Å². The predicted octanol–water partition coefficient (Wildman–Crippen LogP) is 3.96. The molecule has 0 saturated heterocycles. The molecule has 0 unspecified atom stereocenters. The van der Waals surface area contributed by atoms with Gasteiger partial charge in [0.15, 0.2) is 5.75 Å². The first-order valence-corrected chi connectivity index (χ1v) is 18.3. The van der Waals surface area contributed by atoms with Gasteiger partial charge in [-0.1, -0.05) is 42.0 Å². The Hall–Kier alpha value is -4.20. The molecule has 0 aliphatic carbocycles. The van der Waals surface area contributed by atoms with E-state index in [4.69, 9.17) is 14.5 Å². The summed E-state index contributed by atoms with van der Waals surface area (Å²) in [6.07, 6.45) is 4.49. The first kappa shape index (κ1) is 33.2. The van der Waals surface area contributed by atoms with E-state index < -0.39 is 26.0 Å². The minimum atomic E-state index is -3.76. The Morgan fingerprint density at radius 3 is 2.17 bits per heavy atom. The quantitative estimate of drug-likeness (QED) is 0.223. The lowest BCUT2D eigenvalue weighted by Crippen LogP contribution is -2.36. The van der Waals surface area contributed by atoms with E-state index in [1.54, 1.807) is 13.3 Å². The summed E-state index contributed by atoms with van der Waals surface area (Å²) in [6, 6.07) is 17.4. The standard InChI is InChI=1S/C33H38N4O7S2/c1-22-7-9-23(10-8-22)17-25-18-27-30(34-19-25)32(44-21-24-11-13-26(43-4)14-12-24)29-28(31(27)36(3)46(6,41)42)20-37(33(29)38)16-15-35(2)45(5,39)40/h7-14,18-19H,15-17,20-21H2,1-6H3. The van der Waals surface area contributed by atoms with E-state index in [0.29, 0.717) is 34.3 Å². The van der Waals surface area contributed by atoms with E-state index >= 15 is 0 Å². The number of nitrogens with zero attached hydrogens (tertiary/aromatic N) is 4. The van der Waals surface area contributed by atoms with Crippen LogP contribution in [0.4, 0.5) is 5.69 Å². The number of hydrogen-bond donors (Lipinski definition) is 0. The second-order valence-corrected chi connectivity index (χ2v) is 15.7. The van der Waals surface area contributed by atoms with Gasteiger partial charge >= 0.3 is 0 Å². The topological polar surface area (TPSA) is 126 Å². The highest BCUT2D eigenvalue weighted by molar-refractivity contribution is 7.92. The number of likely N-dealkylation sites (N-methyl/N-ethyl adjacent to an activating group) is 1. The molecule has 0 N–H and O–H groups in total. The van der Waals surface area contributed by atoms with E-state index in [-0.39, 0.29) is 37.6 Å². The van der Waals surface area contributed by atoms with Crippen LogP contribution in [0.15, 0.2) is 60.8 Å². The summed E-state index contributed by atoms with van der Waals surface area (Å²) >= 11 is 0. The summed E-state index contributed by atoms with van der Waals surface area (Å²) in [5.74, 6) is 0.547. The predicted molar refractivity (Wildman–Crippen MR) is 179 cm³/mol. The van der Waals surface area contributed by atoms with Gasteiger partial charge in [0.25, 0.3) is 5.91 Å². The number of pyridine rings is 1. The maximum atomic E-state index is 14.0. The monoisotopic (exact) mass is 666 g/mol. The Morgan fingerprint density at radius 2 is 1.57 bits per heavy atom. The van der Waals surface area contributed by atoms with Crippen LogP contribution in [0.2, 0.25) is 0 Å². The number of aromatic nitrogens is 1. The number of fused-ring (bicyclic) bond motifs is 2. The minimum absolute atomic E-state index is 0.0658. The average molecular weight is 667 g/mol. The van der Waals surface area contributed by atoms with Crippen LogP contribution in [0.25, 0.3) is 10.9 Å². The van der Waals surface area contributed by atoms with Crippen LogP contribution in [0.1, 0.15) is 38.2 Å². The van der Waals surface area contributed by atoms with Crippen LogP contribution in [-0.4, -0.2) is 83.7 Å². The van der Waals surface area contributed by atoms with Crippen molar-refractivity contribution in [1.29, 1.82) is 0 Å². The van der Waals surface area contributed by atoms with Crippen LogP contribution in [0.5, 0.6) is 11.5 Å². The van der Waals surface area contributed by atoms with Crippen molar-refractivity contribution < 1.29 is 31.1 Å². The first-order chi connectivity index (χ1) is 21.7. The highest BCUT2D eigenvalue weighted by atomic mass is 32.2. The van der Waals surface area contributed by atoms with Crippen molar-refractivity contribution in [2.75, 3.05) is 51.1 Å². The maximum absolute atomic E-state index is 14.0. The number of benzene rings is 3. The van der Waals surface area contributed by atoms with E-state index in [1.165, 1.54) is 27.6 Å². The van der Waals surface area contributed by atoms with E-state index in [1.807, 2.05) is 61.5 Å². The number of amides is 1. The average Bonchev–Trinajstić information content (AvgIpc) is 3.33. The van der Waals surface area contributed by atoms with Crippen molar-refractivity contribution in [3.05, 3.63) is 94.2 Å². The highest BCUT2D eigenvalue weighted by Gasteiger charge is 2.38. The molecule has 2 heterocycles. The van der Waals surface area contributed by atoms with Gasteiger partial charge < -0.3 is 14.4 Å². The van der Waals surface area contributed by atoms with Crippen molar-refractivity contribution in [1.82, 2.24) is 14.2 Å². The molecule has 11 nitrogen and oxygen atoms in total. The third-order valence-electron chi connectivity index (χ3n) is 8.21. The molecule has 0 bridgehead atoms. The van der Waals surface area contributed by atoms with Crippen LogP contribution >= 0.6 is 0 Å². The number of anilines is 1. The highest BCUT2D eigenvalue weighted by Crippen LogP contribution is 2.45. The van der Waals surface area contributed by atoms with Gasteiger partial charge in [-0.3, -0.25) is 14.1 Å². The molecular formula is C33H38N4O7S2. The van der Waals surface area contributed by atoms with Crippen LogP contribution in [0, 0.1) is 6.92 Å². The molecule has 1 aromatic heterocycles. The lowest BCUT2D eigenvalue weighted by Gasteiger charge is -2.24. The third kappa shape index (κ3) is 6.96. The normalized spacial score (nSPS) is 13.4. The van der Waals surface area contributed by atoms with E-state index in [0.717, 1.165) is 34.8 Å². The second-order valence-electron chi connectivity index (χ2n) is 11.6. The van der Waals surface area contributed by atoms with Gasteiger partial charge in [0.2, 0.25) is 20.0 Å². The number of carbonyl (C=O) groups is 1. The van der Waals surface area contributed by atoms with Crippen LogP contribution in [0.3, 0.4) is 0 Å². The molecule has 1 aliphatic heterocycles. The number of carbonyl (C=O) groups excluding carboxylic acids is 1. The molecule has 46 heavy (non-hydrogen) atoms. The molecule has 0 saturated carbocycles. The molecule has 1 aliphatic rings. The molecule has 0 radical (unpaired) electrons. The Bertz CT molecular complexity index is 2000. The molecule has 244 valence electrons. The lowest BCUT2D eigenvalue weighted by molar-refractivity contribution is 0.0770. The molecule has 13 heteroatoms. The van der Waals surface area contributed by atoms with Gasteiger partial charge in [-0.25, -0.2) is 21.1 Å². The Balaban J connectivity index is 1.66. The summed E-state index contributed by atoms with van der Waals surface area (Å²) in [4.78, 5) is 20.3. The largest absolute Gasteiger partial charge is 0.497 e. The number of methoxy groups -OCH3 is 1. The van der Waals surface area contributed by atoms with Crippen molar-refractivity contribution in [2.24, 2.45) is 0 Å². The summed E-state index contributed by atoms with van der Waals surface area (Å²) in [5.41, 5.74) is 5.29. The SMILES string of the molecule is COc1ccc(COc2c3c(c(N(C)S(C)(=O)=O)c4cc(Cc5ccc(C)cc5)cnc24)CN(CCN(C)S(C)(=O)=O)C3=O)cc1. The molecule has 3 aromatic carbocycles. The minimum Gasteiger partial charge on any atom is -0.497 e. The number of aryl methyl sites for hydroxylation is 1. The van der Waals surface area contributed by atoms with Gasteiger partial charge in [-0.2, -0.15) is 0 Å². The zero-order valence-corrected chi connectivity index (χ0v) is 28.4. The fourth-order valence-corrected chi connectivity index (χ4v) is 6.35. The van der Waals surface area contributed by atoms with Crippen molar-refractivity contribution in [3.63, 3.8) is 0 Å². The number of hydrogen-bond acceptors (Lipinski definition) is 8. The smallest absolute Gasteiger partial charge is 0.258 e. The third-order valence-corrected chi connectivity index (χ3v) is 10.7. The lowest BCUT2D eigenvalue weighted by atomic mass is 9.98. The van der Waals surface area contributed by atoms with Crippen molar-refractivity contribution >= 4 is 42.5 Å². The molecular weight excluding hydrogens is 629 g/mol. The van der Waals surface area contributed by atoms with Crippen molar-refractivity contribution in [2.45, 2.75) is 26.5 Å². The molecule has 0 fully saturated rings. The number of rotatable bonds is 12. The van der Waals surface area contributed by atoms with Gasteiger partial charge in [-0.05, 0) is 48.2 Å². The van der Waals surface area contributed by atoms with Crippen LogP contribution < -0.4 is 13.8 Å². The van der Waals surface area contributed by atoms with Gasteiger partial charge in [-0.15, -0.1) is 0 Å².